The standard InChI is InChI=1S/C49H60N8O8/c1-48(2,3)42(56-46(62)64-28-39-50-33-21-13-14-22-34(33)51-39)44(60)54-37(25-30-17-9-7-10-18-30)32(27-58)41(59)38(26-31-19-11-8-12-20-31)55-45(61)43(49(4,5)6)57-47(63)65-29-40-52-35-23-15-16-24-36(35)53-40/h7-24,32,37-38,41-43,58-59H,25-29H2,1-6H3,(H,50,51)(H,52,53)(H,54,60)(H,55,61)(H,56,62)(H,57,63)/t32-,37-,38-,41+,42+,43+/m0/s1. The Labute approximate surface area is 378 Å². The van der Waals surface area contributed by atoms with Gasteiger partial charge in [-0.05, 0) is 59.1 Å². The number of aromatic nitrogens is 4. The van der Waals surface area contributed by atoms with Crippen LogP contribution in [0.2, 0.25) is 0 Å². The minimum atomic E-state index is -1.45. The van der Waals surface area contributed by atoms with E-state index in [0.717, 1.165) is 33.2 Å². The summed E-state index contributed by atoms with van der Waals surface area (Å²) in [5, 5.41) is 35.0. The number of hydrogen-bond acceptors (Lipinski definition) is 10. The van der Waals surface area contributed by atoms with Gasteiger partial charge in [0, 0.05) is 12.0 Å². The normalized spacial score (nSPS) is 14.6. The number of benzene rings is 4. The lowest BCUT2D eigenvalue weighted by Crippen LogP contribution is -2.61. The predicted octanol–water partition coefficient (Wildman–Crippen LogP) is 5.85. The van der Waals surface area contributed by atoms with Crippen LogP contribution in [0.4, 0.5) is 9.59 Å². The molecule has 4 amide bonds. The van der Waals surface area contributed by atoms with Crippen molar-refractivity contribution in [2.45, 2.75) is 97.9 Å². The zero-order chi connectivity index (χ0) is 46.7. The summed E-state index contributed by atoms with van der Waals surface area (Å²) in [6.45, 7) is 9.81. The number of nitrogens with one attached hydrogen (secondary N) is 6. The van der Waals surface area contributed by atoms with Gasteiger partial charge in [0.05, 0.1) is 40.8 Å². The molecule has 0 aliphatic carbocycles. The predicted molar refractivity (Wildman–Crippen MR) is 246 cm³/mol. The number of nitrogens with zero attached hydrogens (tertiary/aromatic N) is 2. The molecule has 2 aromatic heterocycles. The van der Waals surface area contributed by atoms with E-state index in [1.807, 2.05) is 109 Å². The molecule has 4 aromatic carbocycles. The molecule has 0 spiro atoms. The fourth-order valence-electron chi connectivity index (χ4n) is 7.69. The summed E-state index contributed by atoms with van der Waals surface area (Å²) in [5.41, 5.74) is 2.94. The summed E-state index contributed by atoms with van der Waals surface area (Å²) in [6.07, 6.45) is -2.83. The molecule has 16 heteroatoms. The topological polar surface area (TPSA) is 233 Å². The van der Waals surface area contributed by atoms with E-state index in [0.29, 0.717) is 11.6 Å². The van der Waals surface area contributed by atoms with Gasteiger partial charge in [-0.15, -0.1) is 0 Å². The van der Waals surface area contributed by atoms with Gasteiger partial charge in [0.15, 0.2) is 13.2 Å². The number of hydrogen-bond donors (Lipinski definition) is 8. The monoisotopic (exact) mass is 888 g/mol. The van der Waals surface area contributed by atoms with Crippen LogP contribution in [0.1, 0.15) is 64.3 Å². The number of alkyl carbamates (subject to hydrolysis) is 2. The number of para-hydroxylation sites is 4. The van der Waals surface area contributed by atoms with Crippen molar-refractivity contribution in [3.63, 3.8) is 0 Å². The van der Waals surface area contributed by atoms with E-state index in [9.17, 15) is 29.4 Å². The largest absolute Gasteiger partial charge is 0.441 e. The van der Waals surface area contributed by atoms with Crippen LogP contribution >= 0.6 is 0 Å². The van der Waals surface area contributed by atoms with Crippen LogP contribution in [0.5, 0.6) is 0 Å². The number of carbonyl (C=O) groups excluding carboxylic acids is 4. The van der Waals surface area contributed by atoms with Gasteiger partial charge in [0.25, 0.3) is 0 Å². The average molecular weight is 889 g/mol. The number of aliphatic hydroxyl groups is 2. The molecule has 0 fully saturated rings. The van der Waals surface area contributed by atoms with Crippen LogP contribution in [-0.4, -0.2) is 91.0 Å². The first kappa shape index (κ1) is 47.7. The van der Waals surface area contributed by atoms with Crippen LogP contribution in [0.15, 0.2) is 109 Å². The van der Waals surface area contributed by atoms with Gasteiger partial charge in [-0.1, -0.05) is 126 Å². The fourth-order valence-corrected chi connectivity index (χ4v) is 7.69. The first-order valence-electron chi connectivity index (χ1n) is 21.7. The number of H-pyrrole nitrogens is 2. The van der Waals surface area contributed by atoms with Crippen molar-refractivity contribution < 1.29 is 38.9 Å². The minimum absolute atomic E-state index is 0.132. The molecule has 0 aliphatic heterocycles. The van der Waals surface area contributed by atoms with Gasteiger partial charge in [0.1, 0.15) is 23.7 Å². The quantitative estimate of drug-likeness (QED) is 0.0513. The molecule has 65 heavy (non-hydrogen) atoms. The second-order valence-electron chi connectivity index (χ2n) is 18.4. The van der Waals surface area contributed by atoms with Gasteiger partial charge >= 0.3 is 12.2 Å². The minimum Gasteiger partial charge on any atom is -0.441 e. The number of imidazole rings is 2. The summed E-state index contributed by atoms with van der Waals surface area (Å²) in [6, 6.07) is 29.1. The van der Waals surface area contributed by atoms with Crippen molar-refractivity contribution in [3.8, 4) is 0 Å². The maximum absolute atomic E-state index is 14.4. The number of aliphatic hydroxyl groups excluding tert-OH is 2. The second-order valence-corrected chi connectivity index (χ2v) is 18.4. The first-order valence-corrected chi connectivity index (χ1v) is 21.7. The maximum atomic E-state index is 14.4. The Bertz CT molecular complexity index is 2450. The Balaban J connectivity index is 1.21. The number of rotatable bonds is 18. The summed E-state index contributed by atoms with van der Waals surface area (Å²) >= 11 is 0. The van der Waals surface area contributed by atoms with E-state index in [4.69, 9.17) is 9.47 Å². The lowest BCUT2D eigenvalue weighted by molar-refractivity contribution is -0.129. The van der Waals surface area contributed by atoms with E-state index >= 15 is 0 Å². The Morgan fingerprint density at radius 1 is 0.569 bits per heavy atom. The lowest BCUT2D eigenvalue weighted by atomic mass is 9.82. The Morgan fingerprint density at radius 2 is 0.954 bits per heavy atom. The zero-order valence-corrected chi connectivity index (χ0v) is 37.6. The SMILES string of the molecule is CC(C)(C)[C@H](NC(=O)OCc1nc2ccccc2[nH]1)C(=O)N[C@@H](Cc1ccccc1)[C@H](O)[C@@H](CO)[C@H](Cc1ccccc1)NC(=O)[C@@H](NC(=O)OCc1nc2ccccc2[nH]1)C(C)(C)C. The Morgan fingerprint density at radius 3 is 1.35 bits per heavy atom. The van der Waals surface area contributed by atoms with E-state index in [1.54, 1.807) is 41.5 Å². The highest BCUT2D eigenvalue weighted by atomic mass is 16.6. The van der Waals surface area contributed by atoms with Gasteiger partial charge in [-0.2, -0.15) is 0 Å². The molecule has 6 atom stereocenters. The van der Waals surface area contributed by atoms with E-state index in [1.165, 1.54) is 0 Å². The summed E-state index contributed by atoms with van der Waals surface area (Å²) in [5.74, 6) is -1.37. The van der Waals surface area contributed by atoms with Crippen molar-refractivity contribution in [2.75, 3.05) is 6.61 Å². The third kappa shape index (κ3) is 13.1. The highest BCUT2D eigenvalue weighted by molar-refractivity contribution is 5.87. The average Bonchev–Trinajstić information content (AvgIpc) is 3.89. The van der Waals surface area contributed by atoms with Gasteiger partial charge in [-0.25, -0.2) is 19.6 Å². The fraction of sp³-hybridized carbons (Fsp3) is 0.388. The zero-order valence-electron chi connectivity index (χ0n) is 37.6. The molecule has 344 valence electrons. The third-order valence-electron chi connectivity index (χ3n) is 11.2. The van der Waals surface area contributed by atoms with Crippen LogP contribution < -0.4 is 21.3 Å². The van der Waals surface area contributed by atoms with E-state index in [2.05, 4.69) is 41.2 Å². The third-order valence-corrected chi connectivity index (χ3v) is 11.2. The van der Waals surface area contributed by atoms with Crippen molar-refractivity contribution in [1.29, 1.82) is 0 Å². The summed E-state index contributed by atoms with van der Waals surface area (Å²) < 4.78 is 11.0. The maximum Gasteiger partial charge on any atom is 0.408 e. The van der Waals surface area contributed by atoms with Crippen LogP contribution in [0, 0.1) is 16.7 Å². The molecule has 0 aliphatic rings. The highest BCUT2D eigenvalue weighted by Gasteiger charge is 2.41. The molecule has 0 saturated carbocycles. The van der Waals surface area contributed by atoms with Crippen LogP contribution in [0.3, 0.4) is 0 Å². The molecule has 6 aromatic rings. The molecule has 16 nitrogen and oxygen atoms in total. The highest BCUT2D eigenvalue weighted by Crippen LogP contribution is 2.25. The number of aromatic amines is 2. The van der Waals surface area contributed by atoms with Gasteiger partial charge in [-0.3, -0.25) is 9.59 Å². The number of fused-ring (bicyclic) bond motifs is 2. The van der Waals surface area contributed by atoms with E-state index < -0.39 is 77.6 Å². The van der Waals surface area contributed by atoms with Gasteiger partial charge < -0.3 is 50.9 Å². The van der Waals surface area contributed by atoms with Crippen LogP contribution in [-0.2, 0) is 45.1 Å². The first-order chi connectivity index (χ1) is 31.0. The molecule has 0 saturated heterocycles. The smallest absolute Gasteiger partial charge is 0.408 e. The van der Waals surface area contributed by atoms with Gasteiger partial charge in [0.2, 0.25) is 11.8 Å². The van der Waals surface area contributed by atoms with Crippen molar-refractivity contribution >= 4 is 46.1 Å². The molecular formula is C49H60N8O8. The number of ether oxygens (including phenoxy) is 2. The molecule has 0 unspecified atom stereocenters. The molecule has 0 bridgehead atoms. The Hall–Kier alpha value is -6.78. The lowest BCUT2D eigenvalue weighted by Gasteiger charge is -2.38. The number of amides is 4. The van der Waals surface area contributed by atoms with Crippen LogP contribution in [0.25, 0.3) is 22.1 Å². The molecule has 8 N–H and O–H groups in total. The van der Waals surface area contributed by atoms with Crippen molar-refractivity contribution in [1.82, 2.24) is 41.2 Å². The number of carbonyl (C=O) groups is 4. The Kier molecular flexibility index (Phi) is 15.6. The summed E-state index contributed by atoms with van der Waals surface area (Å²) in [7, 11) is 0. The molecular weight excluding hydrogens is 829 g/mol. The molecule has 2 heterocycles. The van der Waals surface area contributed by atoms with Crippen molar-refractivity contribution in [2.24, 2.45) is 16.7 Å². The molecule has 6 rings (SSSR count). The van der Waals surface area contributed by atoms with Crippen molar-refractivity contribution in [3.05, 3.63) is 132 Å². The molecule has 0 radical (unpaired) electrons. The summed E-state index contributed by atoms with van der Waals surface area (Å²) in [4.78, 5) is 70.4. The second kappa shape index (κ2) is 21.3. The van der Waals surface area contributed by atoms with E-state index in [-0.39, 0.29) is 26.1 Å².